The molecule has 9 nitrogen and oxygen atoms in total. The van der Waals surface area contributed by atoms with Gasteiger partial charge in [0.2, 0.25) is 10.0 Å². The fourth-order valence-electron chi connectivity index (χ4n) is 3.41. The van der Waals surface area contributed by atoms with Crippen LogP contribution in [0.4, 0.5) is 5.82 Å². The van der Waals surface area contributed by atoms with Crippen LogP contribution in [-0.4, -0.2) is 70.6 Å². The minimum Gasteiger partial charge on any atom is -0.462 e. The maximum absolute atomic E-state index is 13.1. The average molecular weight is 482 g/mol. The van der Waals surface area contributed by atoms with E-state index in [1.54, 1.807) is 26.0 Å². The molecule has 174 valence electrons. The van der Waals surface area contributed by atoms with Crippen LogP contribution in [0.1, 0.15) is 30.6 Å². The Morgan fingerprint density at radius 1 is 0.938 bits per heavy atom. The highest BCUT2D eigenvalue weighted by Crippen LogP contribution is 2.22. The molecule has 32 heavy (non-hydrogen) atoms. The number of anilines is 1. The van der Waals surface area contributed by atoms with Crippen molar-refractivity contribution in [2.24, 2.45) is 0 Å². The smallest absolute Gasteiger partial charge is 0.339 e. The van der Waals surface area contributed by atoms with E-state index in [0.717, 1.165) is 0 Å². The number of hydrogen-bond acceptors (Lipinski definition) is 8. The molecule has 11 heteroatoms. The molecule has 0 saturated carbocycles. The molecule has 0 unspecified atom stereocenters. The monoisotopic (exact) mass is 481 g/mol. The first kappa shape index (κ1) is 24.1. The second-order valence-corrected chi connectivity index (χ2v) is 11.5. The first-order valence-electron chi connectivity index (χ1n) is 10.4. The van der Waals surface area contributed by atoms with Crippen molar-refractivity contribution in [1.29, 1.82) is 0 Å². The van der Waals surface area contributed by atoms with Crippen molar-refractivity contribution in [3.8, 4) is 0 Å². The fraction of sp³-hybridized carbons (Fsp3) is 0.429. The molecule has 1 fully saturated rings. The molecular formula is C21H27N3O6S2. The quantitative estimate of drug-likeness (QED) is 0.552. The number of ether oxygens (including phenoxy) is 1. The summed E-state index contributed by atoms with van der Waals surface area (Å²) in [7, 11) is -7.15. The maximum Gasteiger partial charge on any atom is 0.339 e. The number of benzene rings is 1. The highest BCUT2D eigenvalue weighted by molar-refractivity contribution is 7.91. The van der Waals surface area contributed by atoms with E-state index in [1.165, 1.54) is 34.8 Å². The third-order valence-corrected chi connectivity index (χ3v) is 8.90. The number of rotatable bonds is 7. The summed E-state index contributed by atoms with van der Waals surface area (Å²) in [5.74, 6) is 0.180. The molecule has 0 amide bonds. The van der Waals surface area contributed by atoms with E-state index in [4.69, 9.17) is 4.74 Å². The van der Waals surface area contributed by atoms with Gasteiger partial charge in [0.05, 0.1) is 27.7 Å². The minimum atomic E-state index is -3.75. The van der Waals surface area contributed by atoms with Crippen LogP contribution in [-0.2, 0) is 24.6 Å². The number of pyridine rings is 1. The normalized spacial score (nSPS) is 15.9. The molecule has 1 aromatic heterocycles. The zero-order chi connectivity index (χ0) is 23.4. The third-order valence-electron chi connectivity index (χ3n) is 5.24. The number of hydrogen-bond donors (Lipinski definition) is 0. The molecule has 0 bridgehead atoms. The zero-order valence-electron chi connectivity index (χ0n) is 18.1. The van der Waals surface area contributed by atoms with Crippen molar-refractivity contribution in [2.45, 2.75) is 30.1 Å². The number of carbonyl (C=O) groups is 1. The van der Waals surface area contributed by atoms with E-state index < -0.39 is 25.8 Å². The average Bonchev–Trinajstić information content (AvgIpc) is 3.06. The van der Waals surface area contributed by atoms with E-state index in [9.17, 15) is 21.6 Å². The second-order valence-electron chi connectivity index (χ2n) is 7.25. The van der Waals surface area contributed by atoms with Gasteiger partial charge in [0.15, 0.2) is 9.84 Å². The van der Waals surface area contributed by atoms with Gasteiger partial charge in [-0.25, -0.2) is 26.6 Å². The molecule has 3 rings (SSSR count). The van der Waals surface area contributed by atoms with Crippen molar-refractivity contribution in [3.63, 3.8) is 0 Å². The maximum atomic E-state index is 13.1. The lowest BCUT2D eigenvalue weighted by Gasteiger charge is -2.22. The Bertz CT molecular complexity index is 1150. The molecule has 0 spiro atoms. The molecular weight excluding hydrogens is 454 g/mol. The number of sulfonamides is 1. The van der Waals surface area contributed by atoms with Crippen LogP contribution < -0.4 is 4.90 Å². The zero-order valence-corrected chi connectivity index (χ0v) is 19.7. The van der Waals surface area contributed by atoms with Crippen LogP contribution in [0.2, 0.25) is 0 Å². The standard InChI is InChI=1S/C21H27N3O6S2/c1-3-30-21(25)17-6-11-20(22-16-17)23-12-5-13-24(15-14-23)32(28,29)19-9-7-18(8-10-19)31(26,27)4-2/h6-11,16H,3-5,12-15H2,1-2H3. The summed E-state index contributed by atoms with van der Waals surface area (Å²) in [6, 6.07) is 8.73. The summed E-state index contributed by atoms with van der Waals surface area (Å²) < 4.78 is 56.5. The first-order chi connectivity index (χ1) is 15.2. The van der Waals surface area contributed by atoms with Crippen LogP contribution >= 0.6 is 0 Å². The van der Waals surface area contributed by atoms with E-state index in [0.29, 0.717) is 37.4 Å². The van der Waals surface area contributed by atoms with E-state index in [1.807, 2.05) is 4.90 Å². The van der Waals surface area contributed by atoms with Crippen LogP contribution in [0.15, 0.2) is 52.4 Å². The number of sulfone groups is 1. The molecule has 1 aromatic carbocycles. The molecule has 1 saturated heterocycles. The highest BCUT2D eigenvalue weighted by atomic mass is 32.2. The van der Waals surface area contributed by atoms with Crippen molar-refractivity contribution >= 4 is 31.6 Å². The fourth-order valence-corrected chi connectivity index (χ4v) is 5.76. The summed E-state index contributed by atoms with van der Waals surface area (Å²) in [4.78, 5) is 18.3. The predicted octanol–water partition coefficient (Wildman–Crippen LogP) is 1.95. The molecule has 0 aliphatic carbocycles. The van der Waals surface area contributed by atoms with E-state index in [-0.39, 0.29) is 28.7 Å². The summed E-state index contributed by atoms with van der Waals surface area (Å²) in [6.45, 7) is 5.22. The Morgan fingerprint density at radius 2 is 1.62 bits per heavy atom. The molecule has 1 aliphatic rings. The lowest BCUT2D eigenvalue weighted by Crippen LogP contribution is -2.35. The van der Waals surface area contributed by atoms with Crippen LogP contribution in [0.3, 0.4) is 0 Å². The van der Waals surface area contributed by atoms with Gasteiger partial charge in [0, 0.05) is 32.4 Å². The number of carbonyl (C=O) groups excluding carboxylic acids is 1. The Morgan fingerprint density at radius 3 is 2.22 bits per heavy atom. The van der Waals surface area contributed by atoms with Gasteiger partial charge in [0.1, 0.15) is 5.82 Å². The third kappa shape index (κ3) is 5.28. The van der Waals surface area contributed by atoms with Gasteiger partial charge >= 0.3 is 5.97 Å². The second kappa shape index (κ2) is 9.97. The summed E-state index contributed by atoms with van der Waals surface area (Å²) >= 11 is 0. The van der Waals surface area contributed by atoms with Crippen molar-refractivity contribution in [1.82, 2.24) is 9.29 Å². The molecule has 0 N–H and O–H groups in total. The van der Waals surface area contributed by atoms with Gasteiger partial charge in [-0.1, -0.05) is 6.92 Å². The summed E-state index contributed by atoms with van der Waals surface area (Å²) in [6.07, 6.45) is 2.06. The van der Waals surface area contributed by atoms with Crippen LogP contribution in [0.5, 0.6) is 0 Å². The van der Waals surface area contributed by atoms with E-state index >= 15 is 0 Å². The van der Waals surface area contributed by atoms with Crippen molar-refractivity contribution in [2.75, 3.05) is 43.4 Å². The van der Waals surface area contributed by atoms with Crippen LogP contribution in [0.25, 0.3) is 0 Å². The van der Waals surface area contributed by atoms with Gasteiger partial charge in [-0.05, 0) is 49.7 Å². The minimum absolute atomic E-state index is 0.0458. The lowest BCUT2D eigenvalue weighted by molar-refractivity contribution is 0.0526. The van der Waals surface area contributed by atoms with Crippen molar-refractivity contribution in [3.05, 3.63) is 48.2 Å². The van der Waals surface area contributed by atoms with Gasteiger partial charge in [-0.3, -0.25) is 0 Å². The molecule has 2 aromatic rings. The Balaban J connectivity index is 1.71. The Kier molecular flexibility index (Phi) is 7.52. The van der Waals surface area contributed by atoms with Crippen LogP contribution in [0, 0.1) is 0 Å². The van der Waals surface area contributed by atoms with Gasteiger partial charge in [-0.2, -0.15) is 4.31 Å². The lowest BCUT2D eigenvalue weighted by atomic mass is 10.2. The van der Waals surface area contributed by atoms with Gasteiger partial charge in [-0.15, -0.1) is 0 Å². The highest BCUT2D eigenvalue weighted by Gasteiger charge is 2.28. The van der Waals surface area contributed by atoms with Gasteiger partial charge in [0.25, 0.3) is 0 Å². The van der Waals surface area contributed by atoms with E-state index in [2.05, 4.69) is 4.98 Å². The molecule has 2 heterocycles. The molecule has 0 radical (unpaired) electrons. The topological polar surface area (TPSA) is 114 Å². The van der Waals surface area contributed by atoms with Gasteiger partial charge < -0.3 is 9.64 Å². The Hall–Kier alpha value is -2.50. The number of esters is 1. The molecule has 0 atom stereocenters. The number of nitrogens with zero attached hydrogens (tertiary/aromatic N) is 3. The number of aromatic nitrogens is 1. The molecule has 1 aliphatic heterocycles. The van der Waals surface area contributed by atoms with Crippen molar-refractivity contribution < 1.29 is 26.4 Å². The SMILES string of the molecule is CCOC(=O)c1ccc(N2CCCN(S(=O)(=O)c3ccc(S(=O)(=O)CC)cc3)CC2)nc1. The largest absolute Gasteiger partial charge is 0.462 e. The Labute approximate surface area is 189 Å². The summed E-state index contributed by atoms with van der Waals surface area (Å²) in [5.41, 5.74) is 0.364. The predicted molar refractivity (Wildman–Crippen MR) is 120 cm³/mol. The summed E-state index contributed by atoms with van der Waals surface area (Å²) in [5, 5.41) is 0. The first-order valence-corrected chi connectivity index (χ1v) is 13.5.